The van der Waals surface area contributed by atoms with Crippen molar-refractivity contribution in [2.24, 2.45) is 0 Å². The molecule has 3 aliphatic rings. The zero-order valence-corrected chi connectivity index (χ0v) is 42.6. The SMILES string of the molecule is CC(C)(C)c1ccc(N2C3=C(B4c5c2cc(Oc2ccc6c(c2)oc2ccccc26)cc5-n2c5cc6c(cc5c5cccc4c52)c2ccccc2n6-c2ccccc2)C(C)(C)c2ccc(C(C)(C)C)cc23)cc1. The molecule has 0 amide bonds. The number of hydrogen-bond donors (Lipinski definition) is 0. The first-order chi connectivity index (χ1) is 35.2. The molecular weight excluding hydrogens is 890 g/mol. The molecular formula is C67H54BN3O2. The van der Waals surface area contributed by atoms with Crippen LogP contribution in [0, 0.1) is 0 Å². The first-order valence-corrected chi connectivity index (χ1v) is 25.9. The zero-order valence-electron chi connectivity index (χ0n) is 42.6. The summed E-state index contributed by atoms with van der Waals surface area (Å²) in [5.41, 5.74) is 21.3. The molecule has 0 spiro atoms. The Morgan fingerprint density at radius 3 is 1.95 bits per heavy atom. The third-order valence-electron chi connectivity index (χ3n) is 16.6. The number of anilines is 2. The predicted octanol–water partition coefficient (Wildman–Crippen LogP) is 16.5. The summed E-state index contributed by atoms with van der Waals surface area (Å²) in [7, 11) is 0. The summed E-state index contributed by atoms with van der Waals surface area (Å²) in [6.07, 6.45) is 0. The first kappa shape index (κ1) is 42.5. The number of allylic oxidation sites excluding steroid dienone is 1. The molecule has 1 aliphatic carbocycles. The van der Waals surface area contributed by atoms with Gasteiger partial charge in [0.15, 0.2) is 0 Å². The van der Waals surface area contributed by atoms with Gasteiger partial charge in [0, 0.05) is 95.5 Å². The molecule has 3 aromatic heterocycles. The van der Waals surface area contributed by atoms with Crippen molar-refractivity contribution in [3.05, 3.63) is 210 Å². The Balaban J connectivity index is 1.07. The van der Waals surface area contributed by atoms with E-state index in [2.05, 4.69) is 233 Å². The van der Waals surface area contributed by atoms with Gasteiger partial charge in [0.1, 0.15) is 22.7 Å². The number of rotatable bonds is 4. The number of aromatic nitrogens is 2. The number of benzene rings is 9. The summed E-state index contributed by atoms with van der Waals surface area (Å²) in [5, 5.41) is 7.15. The highest BCUT2D eigenvalue weighted by atomic mass is 16.5. The van der Waals surface area contributed by atoms with E-state index in [-0.39, 0.29) is 23.0 Å². The Morgan fingerprint density at radius 1 is 0.479 bits per heavy atom. The van der Waals surface area contributed by atoms with E-state index in [9.17, 15) is 0 Å². The molecule has 2 aliphatic heterocycles. The first-order valence-electron chi connectivity index (χ1n) is 25.9. The Hall–Kier alpha value is -8.22. The van der Waals surface area contributed by atoms with E-state index in [1.165, 1.54) is 88.0 Å². The van der Waals surface area contributed by atoms with E-state index in [4.69, 9.17) is 9.15 Å². The van der Waals surface area contributed by atoms with E-state index in [0.717, 1.165) is 56.2 Å². The van der Waals surface area contributed by atoms with E-state index < -0.39 is 0 Å². The van der Waals surface area contributed by atoms with Gasteiger partial charge in [-0.15, -0.1) is 0 Å². The Bertz CT molecular complexity index is 4400. The maximum atomic E-state index is 7.22. The molecule has 0 unspecified atom stereocenters. The second kappa shape index (κ2) is 14.5. The lowest BCUT2D eigenvalue weighted by Crippen LogP contribution is -2.56. The van der Waals surface area contributed by atoms with Gasteiger partial charge in [-0.25, -0.2) is 0 Å². The molecule has 5 heterocycles. The van der Waals surface area contributed by atoms with E-state index in [1.54, 1.807) is 0 Å². The van der Waals surface area contributed by atoms with Gasteiger partial charge in [-0.3, -0.25) is 0 Å². The third kappa shape index (κ3) is 5.86. The van der Waals surface area contributed by atoms with Crippen LogP contribution in [-0.4, -0.2) is 15.8 Å². The molecule has 0 N–H and O–H groups in total. The van der Waals surface area contributed by atoms with Gasteiger partial charge in [-0.2, -0.15) is 0 Å². The van der Waals surface area contributed by atoms with Gasteiger partial charge < -0.3 is 23.2 Å². The maximum absolute atomic E-state index is 7.22. The molecule has 0 atom stereocenters. The molecule has 0 radical (unpaired) electrons. The topological polar surface area (TPSA) is 35.5 Å². The highest BCUT2D eigenvalue weighted by molar-refractivity contribution is 6.96. The van der Waals surface area contributed by atoms with Crippen LogP contribution in [0.1, 0.15) is 77.6 Å². The molecule has 12 aromatic rings. The van der Waals surface area contributed by atoms with Crippen molar-refractivity contribution in [3.63, 3.8) is 0 Å². The predicted molar refractivity (Wildman–Crippen MR) is 306 cm³/mol. The monoisotopic (exact) mass is 943 g/mol. The number of ether oxygens (including phenoxy) is 1. The van der Waals surface area contributed by atoms with Crippen molar-refractivity contribution >= 4 is 100 Å². The van der Waals surface area contributed by atoms with Crippen molar-refractivity contribution in [1.82, 2.24) is 9.13 Å². The van der Waals surface area contributed by atoms with Gasteiger partial charge in [0.2, 0.25) is 6.71 Å². The summed E-state index contributed by atoms with van der Waals surface area (Å²) >= 11 is 0. The quantitative estimate of drug-likeness (QED) is 0.165. The normalized spacial score (nSPS) is 14.8. The Kier molecular flexibility index (Phi) is 8.42. The molecule has 9 aromatic carbocycles. The average Bonchev–Trinajstić information content (AvgIpc) is 4.09. The van der Waals surface area contributed by atoms with Crippen molar-refractivity contribution in [3.8, 4) is 22.9 Å². The molecule has 5 nitrogen and oxygen atoms in total. The van der Waals surface area contributed by atoms with Crippen molar-refractivity contribution < 1.29 is 9.15 Å². The highest BCUT2D eigenvalue weighted by Crippen LogP contribution is 2.56. The van der Waals surface area contributed by atoms with Crippen LogP contribution in [0.4, 0.5) is 11.4 Å². The fraction of sp³-hybridized carbons (Fsp3) is 0.164. The van der Waals surface area contributed by atoms with E-state index in [0.29, 0.717) is 0 Å². The largest absolute Gasteiger partial charge is 0.457 e. The molecule has 0 fully saturated rings. The molecule has 352 valence electrons. The summed E-state index contributed by atoms with van der Waals surface area (Å²) in [5.74, 6) is 1.49. The minimum absolute atomic E-state index is 0.00439. The number of para-hydroxylation sites is 4. The number of furan rings is 1. The molecule has 0 saturated heterocycles. The van der Waals surface area contributed by atoms with Gasteiger partial charge in [0.05, 0.1) is 16.6 Å². The lowest BCUT2D eigenvalue weighted by Gasteiger charge is -2.43. The van der Waals surface area contributed by atoms with Crippen LogP contribution < -0.4 is 20.6 Å². The molecule has 15 rings (SSSR count). The van der Waals surface area contributed by atoms with Gasteiger partial charge >= 0.3 is 0 Å². The summed E-state index contributed by atoms with van der Waals surface area (Å²) in [6.45, 7) is 18.8. The second-order valence-electron chi connectivity index (χ2n) is 23.3. The highest BCUT2D eigenvalue weighted by Gasteiger charge is 2.53. The van der Waals surface area contributed by atoms with E-state index >= 15 is 0 Å². The smallest absolute Gasteiger partial charge is 0.248 e. The van der Waals surface area contributed by atoms with Gasteiger partial charge in [0.25, 0.3) is 0 Å². The zero-order chi connectivity index (χ0) is 49.4. The maximum Gasteiger partial charge on any atom is 0.248 e. The lowest BCUT2D eigenvalue weighted by atomic mass is 9.30. The summed E-state index contributed by atoms with van der Waals surface area (Å²) in [4.78, 5) is 2.59. The third-order valence-corrected chi connectivity index (χ3v) is 16.6. The van der Waals surface area contributed by atoms with Crippen LogP contribution >= 0.6 is 0 Å². The molecule has 0 saturated carbocycles. The van der Waals surface area contributed by atoms with Crippen LogP contribution in [0.2, 0.25) is 0 Å². The molecule has 0 bridgehead atoms. The number of nitrogens with zero attached hydrogens (tertiary/aromatic N) is 3. The van der Waals surface area contributed by atoms with Crippen molar-refractivity contribution in [1.29, 1.82) is 0 Å². The second-order valence-corrected chi connectivity index (χ2v) is 23.3. The van der Waals surface area contributed by atoms with Crippen molar-refractivity contribution in [2.75, 3.05) is 4.90 Å². The van der Waals surface area contributed by atoms with Gasteiger partial charge in [-0.1, -0.05) is 158 Å². The average molecular weight is 944 g/mol. The van der Waals surface area contributed by atoms with Crippen LogP contribution in [0.3, 0.4) is 0 Å². The minimum atomic E-state index is -0.307. The lowest BCUT2D eigenvalue weighted by molar-refractivity contribution is 0.482. The Labute approximate surface area is 425 Å². The fourth-order valence-electron chi connectivity index (χ4n) is 13.2. The molecule has 6 heteroatoms. The minimum Gasteiger partial charge on any atom is -0.457 e. The van der Waals surface area contributed by atoms with E-state index in [1.807, 2.05) is 18.2 Å². The Morgan fingerprint density at radius 2 is 1.15 bits per heavy atom. The van der Waals surface area contributed by atoms with Crippen LogP contribution in [0.15, 0.2) is 192 Å². The van der Waals surface area contributed by atoms with Crippen LogP contribution in [0.25, 0.3) is 82.6 Å². The summed E-state index contributed by atoms with van der Waals surface area (Å²) < 4.78 is 18.7. The van der Waals surface area contributed by atoms with Gasteiger partial charge in [-0.05, 0) is 105 Å². The standard InChI is InChI=1S/C67H54BN3O2/c1-65(2,3)39-25-28-42(29-26-39)70-57-34-44(72-43-30-31-47-46-20-13-15-24-59(46)73-60(47)36-43)35-58-61(57)68(64-63(70)51-33-40(66(4,5)6)27-32-52(51)67(64,7)8)53-22-16-21-48-50-37-49-45-19-12-14-23-54(45)69(41-17-10-9-11-18-41)55(49)38-56(50)71(58)62(48)53/h9-38H,1-8H3. The number of hydrogen-bond acceptors (Lipinski definition) is 3. The fourth-order valence-corrected chi connectivity index (χ4v) is 13.2. The van der Waals surface area contributed by atoms with Crippen LogP contribution in [-0.2, 0) is 16.2 Å². The number of fused-ring (bicyclic) bond motifs is 14. The molecule has 73 heavy (non-hydrogen) atoms. The van der Waals surface area contributed by atoms with Crippen molar-refractivity contribution in [2.45, 2.75) is 71.6 Å². The summed E-state index contributed by atoms with van der Waals surface area (Å²) in [6, 6.07) is 67.5. The van der Waals surface area contributed by atoms with Crippen LogP contribution in [0.5, 0.6) is 11.5 Å².